The number of benzene rings is 3. The van der Waals surface area contributed by atoms with Gasteiger partial charge in [-0.05, 0) is 54.4 Å². The van der Waals surface area contributed by atoms with Crippen LogP contribution in [0.15, 0.2) is 42.5 Å². The Morgan fingerprint density at radius 3 is 2.52 bits per heavy atom. The quantitative estimate of drug-likeness (QED) is 0.139. The molecule has 0 aromatic heterocycles. The van der Waals surface area contributed by atoms with Crippen molar-refractivity contribution in [3.63, 3.8) is 0 Å². The second kappa shape index (κ2) is 12.4. The van der Waals surface area contributed by atoms with E-state index in [1.165, 1.54) is 45.5 Å². The van der Waals surface area contributed by atoms with Gasteiger partial charge in [0, 0.05) is 30.3 Å². The molecule has 2 fully saturated rings. The molecule has 9 atom stereocenters. The molecule has 2 bridgehead atoms. The summed E-state index contributed by atoms with van der Waals surface area (Å²) in [4.78, 5) is 12.6. The van der Waals surface area contributed by atoms with Crippen molar-refractivity contribution in [2.75, 3.05) is 34.4 Å². The highest BCUT2D eigenvalue weighted by molar-refractivity contribution is 5.81. The number of hydrogen-bond donors (Lipinski definition) is 9. The van der Waals surface area contributed by atoms with Crippen LogP contribution in [0.3, 0.4) is 0 Å². The Morgan fingerprint density at radius 2 is 1.86 bits per heavy atom. The number of ether oxygens (including phenoxy) is 6. The number of hydrogen-bond acceptors (Lipinski definition) is 15. The number of fused-ring (bicyclic) bond motifs is 7. The van der Waals surface area contributed by atoms with Gasteiger partial charge in [-0.25, -0.2) is 4.79 Å². The summed E-state index contributed by atoms with van der Waals surface area (Å²) in [5.74, 6) is -1.50. The lowest BCUT2D eigenvalue weighted by Crippen LogP contribution is -2.87. The monoisotopic (exact) mass is 698 g/mol. The third-order valence-corrected chi connectivity index (χ3v) is 10.0. The van der Waals surface area contributed by atoms with Crippen molar-refractivity contribution in [2.45, 2.75) is 60.6 Å². The first kappa shape index (κ1) is 34.1. The second-order valence-corrected chi connectivity index (χ2v) is 12.6. The van der Waals surface area contributed by atoms with Gasteiger partial charge in [0.15, 0.2) is 23.3 Å². The van der Waals surface area contributed by atoms with Crippen molar-refractivity contribution < 1.29 is 69.0 Å². The fraction of sp³-hybridized carbons (Fsp3) is 0.441. The molecule has 0 spiro atoms. The molecule has 0 amide bonds. The average molecular weight is 699 g/mol. The minimum atomic E-state index is -2.54. The van der Waals surface area contributed by atoms with Gasteiger partial charge < -0.3 is 69.5 Å². The van der Waals surface area contributed by atoms with Crippen molar-refractivity contribution in [2.24, 2.45) is 0 Å². The van der Waals surface area contributed by atoms with Gasteiger partial charge in [-0.3, -0.25) is 5.32 Å². The van der Waals surface area contributed by atoms with Gasteiger partial charge in [-0.1, -0.05) is 12.1 Å². The molecule has 268 valence electrons. The number of aliphatic hydroxyl groups excluding tert-OH is 4. The lowest BCUT2D eigenvalue weighted by Gasteiger charge is -2.58. The van der Waals surface area contributed by atoms with Gasteiger partial charge >= 0.3 is 5.97 Å². The largest absolute Gasteiger partial charge is 0.508 e. The number of aliphatic hydroxyl groups is 5. The van der Waals surface area contributed by atoms with Crippen LogP contribution in [0.2, 0.25) is 0 Å². The third kappa shape index (κ3) is 4.86. The Balaban J connectivity index is 1.36. The van der Waals surface area contributed by atoms with Crippen molar-refractivity contribution in [3.05, 3.63) is 59.2 Å². The van der Waals surface area contributed by atoms with E-state index in [1.807, 2.05) is 0 Å². The number of carboxylic acid groups (broad SMARTS) is 1. The zero-order chi connectivity index (χ0) is 35.7. The highest BCUT2D eigenvalue weighted by atomic mass is 16.7. The second-order valence-electron chi connectivity index (χ2n) is 12.6. The van der Waals surface area contributed by atoms with Gasteiger partial charge in [-0.2, -0.15) is 0 Å². The number of aliphatic carboxylic acids is 1. The van der Waals surface area contributed by atoms with Crippen LogP contribution in [-0.2, 0) is 16.0 Å². The predicted octanol–water partition coefficient (Wildman–Crippen LogP) is -0.301. The van der Waals surface area contributed by atoms with Crippen LogP contribution >= 0.6 is 0 Å². The third-order valence-electron chi connectivity index (χ3n) is 10.0. The standard InChI is InChI=1S/C34H38N2O14/c1-35-21-13-36-34(44)28(39)30(50-33(21,31(34)41)32(42)43)47-17-11-18(14-5-4-6-16(38)9-14)23-19(12-17)48-29(40)24-22-15(7-8-37)10-20(45-2)25(46-3)27(22)49-26(23)24/h4-6,9-12,21,24,26,28-31,35-41,44H,7-8,13H2,1-3H3,(H,42,43)/t21-,24+,26-,28-,29+,30+,31+,33-,34-/m0/s1. The van der Waals surface area contributed by atoms with E-state index in [0.717, 1.165) is 0 Å². The SMILES string of the molecule is CN[C@H]1CN[C@]2(O)[C@@H](O)[C@H](Oc3cc4c(c(-c5cccc(O)c5)c3)[C@@H]3Oc5c(OC)c(OC)cc(CCO)c5[C@H]3[C@H](O)O4)O[C@]1(C(=O)O)[C@H]2O. The molecule has 50 heavy (non-hydrogen) atoms. The molecule has 2 saturated heterocycles. The van der Waals surface area contributed by atoms with E-state index in [0.29, 0.717) is 39.3 Å². The summed E-state index contributed by atoms with van der Waals surface area (Å²) < 4.78 is 35.8. The maximum atomic E-state index is 12.6. The van der Waals surface area contributed by atoms with E-state index >= 15 is 0 Å². The van der Waals surface area contributed by atoms with Crippen molar-refractivity contribution in [1.82, 2.24) is 10.6 Å². The van der Waals surface area contributed by atoms with E-state index in [4.69, 9.17) is 28.4 Å². The van der Waals surface area contributed by atoms with Gasteiger partial charge in [0.2, 0.25) is 23.9 Å². The molecule has 4 heterocycles. The lowest BCUT2D eigenvalue weighted by atomic mass is 9.74. The first-order valence-corrected chi connectivity index (χ1v) is 15.9. The number of methoxy groups -OCH3 is 2. The first-order chi connectivity index (χ1) is 23.9. The van der Waals surface area contributed by atoms with E-state index in [9.17, 15) is 40.5 Å². The van der Waals surface area contributed by atoms with Crippen LogP contribution in [-0.4, -0.2) is 118 Å². The van der Waals surface area contributed by atoms with Crippen LogP contribution < -0.4 is 34.3 Å². The van der Waals surface area contributed by atoms with Crippen molar-refractivity contribution >= 4 is 5.97 Å². The first-order valence-electron chi connectivity index (χ1n) is 15.9. The topological polar surface area (TPSA) is 238 Å². The number of carboxylic acids is 1. The van der Waals surface area contributed by atoms with E-state index < -0.39 is 60.1 Å². The molecule has 9 N–H and O–H groups in total. The summed E-state index contributed by atoms with van der Waals surface area (Å²) in [7, 11) is 4.38. The molecule has 16 heteroatoms. The zero-order valence-electron chi connectivity index (χ0n) is 27.2. The van der Waals surface area contributed by atoms with Crippen molar-refractivity contribution in [3.8, 4) is 45.6 Å². The van der Waals surface area contributed by atoms with Gasteiger partial charge in [0.1, 0.15) is 29.5 Å². The summed E-state index contributed by atoms with van der Waals surface area (Å²) in [6.45, 7) is -0.370. The van der Waals surface area contributed by atoms with Crippen LogP contribution in [0.5, 0.6) is 34.5 Å². The molecule has 3 aromatic carbocycles. The average Bonchev–Trinajstić information content (AvgIpc) is 3.50. The molecule has 3 aromatic rings. The van der Waals surface area contributed by atoms with Crippen molar-refractivity contribution in [1.29, 1.82) is 0 Å². The molecule has 0 unspecified atom stereocenters. The van der Waals surface area contributed by atoms with Crippen LogP contribution in [0, 0.1) is 0 Å². The molecule has 0 saturated carbocycles. The highest BCUT2D eigenvalue weighted by Crippen LogP contribution is 2.61. The minimum Gasteiger partial charge on any atom is -0.508 e. The summed E-state index contributed by atoms with van der Waals surface area (Å²) >= 11 is 0. The number of rotatable bonds is 9. The van der Waals surface area contributed by atoms with E-state index in [2.05, 4.69) is 10.6 Å². The number of phenolic OH excluding ortho intramolecular Hbond substituents is 1. The van der Waals surface area contributed by atoms with Crippen LogP contribution in [0.1, 0.15) is 28.7 Å². The smallest absolute Gasteiger partial charge is 0.340 e. The molecule has 4 aliphatic rings. The lowest BCUT2D eigenvalue weighted by molar-refractivity contribution is -0.362. The molecule has 0 aliphatic carbocycles. The Hall–Kier alpha value is -4.39. The molecule has 4 aliphatic heterocycles. The van der Waals surface area contributed by atoms with Crippen LogP contribution in [0.25, 0.3) is 11.1 Å². The summed E-state index contributed by atoms with van der Waals surface area (Å²) in [6.07, 6.45) is -8.10. The highest BCUT2D eigenvalue weighted by Gasteiger charge is 2.71. The normalized spacial score (nSPS) is 32.1. The minimum absolute atomic E-state index is 0.0490. The fourth-order valence-electron chi connectivity index (χ4n) is 7.66. The number of aromatic hydroxyl groups is 1. The summed E-state index contributed by atoms with van der Waals surface area (Å²) in [5, 5.41) is 81.1. The predicted molar refractivity (Wildman–Crippen MR) is 170 cm³/mol. The molecular formula is C34H38N2O14. The molecule has 16 nitrogen and oxygen atoms in total. The Kier molecular flexibility index (Phi) is 8.47. The summed E-state index contributed by atoms with van der Waals surface area (Å²) in [5.41, 5.74) is -2.44. The van der Waals surface area contributed by atoms with Gasteiger partial charge in [-0.15, -0.1) is 0 Å². The number of carbonyl (C=O) groups is 1. The van der Waals surface area contributed by atoms with E-state index in [-0.39, 0.29) is 42.6 Å². The number of likely N-dealkylation sites (N-methyl/N-ethyl adjacent to an activating group) is 1. The number of piperidine rings is 1. The maximum absolute atomic E-state index is 12.6. The number of nitrogens with one attached hydrogen (secondary N) is 2. The number of phenols is 1. The Bertz CT molecular complexity index is 1820. The van der Waals surface area contributed by atoms with Gasteiger partial charge in [0.05, 0.1) is 26.2 Å². The zero-order valence-corrected chi connectivity index (χ0v) is 27.2. The Labute approximate surface area is 285 Å². The summed E-state index contributed by atoms with van der Waals surface area (Å²) in [6, 6.07) is 9.86. The molecular weight excluding hydrogens is 660 g/mol. The molecule has 0 radical (unpaired) electrons. The maximum Gasteiger partial charge on any atom is 0.340 e. The molecule has 7 rings (SSSR count). The van der Waals surface area contributed by atoms with Gasteiger partial charge in [0.25, 0.3) is 0 Å². The van der Waals surface area contributed by atoms with E-state index in [1.54, 1.807) is 18.2 Å². The van der Waals surface area contributed by atoms with Crippen LogP contribution in [0.4, 0.5) is 0 Å². The fourth-order valence-corrected chi connectivity index (χ4v) is 7.66. The Morgan fingerprint density at radius 1 is 1.08 bits per heavy atom.